The van der Waals surface area contributed by atoms with Crippen LogP contribution in [0.3, 0.4) is 0 Å². The smallest absolute Gasteiger partial charge is 0.150 e. The number of ether oxygens (including phenoxy) is 1. The fraction of sp³-hybridized carbons (Fsp3) is 0.222. The van der Waals surface area contributed by atoms with Crippen LogP contribution in [-0.2, 0) is 6.61 Å². The van der Waals surface area contributed by atoms with Gasteiger partial charge in [-0.25, -0.2) is 0 Å². The molecule has 1 rings (SSSR count). The third-order valence-corrected chi connectivity index (χ3v) is 2.45. The van der Waals surface area contributed by atoms with Crippen molar-refractivity contribution >= 4 is 28.9 Å². The van der Waals surface area contributed by atoms with Crippen LogP contribution in [0.4, 0.5) is 0 Å². The lowest BCUT2D eigenvalue weighted by Gasteiger charge is -2.08. The Morgan fingerprint density at radius 3 is 2.77 bits per heavy atom. The predicted octanol–water partition coefficient (Wildman–Crippen LogP) is 1.60. The highest BCUT2D eigenvalue weighted by molar-refractivity contribution is 14.1. The monoisotopic (exact) mass is 292 g/mol. The van der Waals surface area contributed by atoms with Gasteiger partial charge in [0.05, 0.1) is 17.3 Å². The lowest BCUT2D eigenvalue weighted by molar-refractivity contribution is 0.112. The molecular formula is C9H9IO3. The topological polar surface area (TPSA) is 46.5 Å². The van der Waals surface area contributed by atoms with Gasteiger partial charge in [-0.3, -0.25) is 4.79 Å². The van der Waals surface area contributed by atoms with Crippen molar-refractivity contribution in [3.8, 4) is 5.75 Å². The minimum Gasteiger partial charge on any atom is -0.495 e. The predicted molar refractivity (Wildman–Crippen MR) is 57.0 cm³/mol. The summed E-state index contributed by atoms with van der Waals surface area (Å²) in [5.74, 6) is 0.633. The summed E-state index contributed by atoms with van der Waals surface area (Å²) in [4.78, 5) is 10.5. The average molecular weight is 292 g/mol. The third-order valence-electron chi connectivity index (χ3n) is 1.65. The second-order valence-corrected chi connectivity index (χ2v) is 3.63. The van der Waals surface area contributed by atoms with Gasteiger partial charge < -0.3 is 9.84 Å². The summed E-state index contributed by atoms with van der Waals surface area (Å²) in [7, 11) is 1.54. The number of aliphatic hydroxyl groups excluding tert-OH is 1. The van der Waals surface area contributed by atoms with Gasteiger partial charge in [-0.1, -0.05) is 0 Å². The number of rotatable bonds is 3. The zero-order chi connectivity index (χ0) is 9.84. The largest absolute Gasteiger partial charge is 0.495 e. The summed E-state index contributed by atoms with van der Waals surface area (Å²) in [5.41, 5.74) is 1.19. The molecule has 0 saturated carbocycles. The summed E-state index contributed by atoms with van der Waals surface area (Å²) < 4.78 is 5.91. The van der Waals surface area contributed by atoms with Crippen LogP contribution in [0, 0.1) is 3.57 Å². The molecule has 0 radical (unpaired) electrons. The summed E-state index contributed by atoms with van der Waals surface area (Å²) in [6.07, 6.45) is 0.751. The highest BCUT2D eigenvalue weighted by Crippen LogP contribution is 2.26. The summed E-state index contributed by atoms with van der Waals surface area (Å²) >= 11 is 2.06. The van der Waals surface area contributed by atoms with Crippen LogP contribution < -0.4 is 4.74 Å². The fourth-order valence-electron chi connectivity index (χ4n) is 1.09. The molecule has 0 aliphatic carbocycles. The number of carbonyl (C=O) groups excluding carboxylic acids is 1. The first-order valence-corrected chi connectivity index (χ1v) is 4.73. The Kier molecular flexibility index (Phi) is 3.68. The van der Waals surface area contributed by atoms with E-state index in [1.165, 1.54) is 7.11 Å². The van der Waals surface area contributed by atoms with Gasteiger partial charge in [0.15, 0.2) is 0 Å². The van der Waals surface area contributed by atoms with Crippen LogP contribution in [-0.4, -0.2) is 18.5 Å². The number of halogens is 1. The van der Waals surface area contributed by atoms with Gasteiger partial charge >= 0.3 is 0 Å². The first kappa shape index (κ1) is 10.5. The molecule has 0 aliphatic heterocycles. The number of benzene rings is 1. The van der Waals surface area contributed by atoms with Crippen LogP contribution >= 0.6 is 22.6 Å². The van der Waals surface area contributed by atoms with Crippen molar-refractivity contribution in [3.63, 3.8) is 0 Å². The molecule has 0 fully saturated rings. The molecule has 0 atom stereocenters. The quantitative estimate of drug-likeness (QED) is 0.680. The summed E-state index contributed by atoms with van der Waals surface area (Å²) in [6.45, 7) is -0.124. The molecule has 0 bridgehead atoms. The number of methoxy groups -OCH3 is 1. The van der Waals surface area contributed by atoms with Gasteiger partial charge in [-0.2, -0.15) is 0 Å². The van der Waals surface area contributed by atoms with Crippen molar-refractivity contribution in [2.45, 2.75) is 6.61 Å². The van der Waals surface area contributed by atoms with Crippen molar-refractivity contribution in [2.75, 3.05) is 7.11 Å². The second-order valence-electron chi connectivity index (χ2n) is 2.47. The number of carbonyl (C=O) groups is 1. The standard InChI is InChI=1S/C9H9IO3/c1-13-9-7(5-12)2-6(4-11)3-8(9)10/h2-4,12H,5H2,1H3. The minimum atomic E-state index is -0.124. The van der Waals surface area contributed by atoms with Crippen molar-refractivity contribution in [1.82, 2.24) is 0 Å². The van der Waals surface area contributed by atoms with Gasteiger partial charge in [0.2, 0.25) is 0 Å². The molecular weight excluding hydrogens is 283 g/mol. The zero-order valence-electron chi connectivity index (χ0n) is 7.08. The van der Waals surface area contributed by atoms with Crippen LogP contribution in [0.2, 0.25) is 0 Å². The SMILES string of the molecule is COc1c(I)cc(C=O)cc1CO. The lowest BCUT2D eigenvalue weighted by Crippen LogP contribution is -1.96. The minimum absolute atomic E-state index is 0.124. The highest BCUT2D eigenvalue weighted by atomic mass is 127. The maximum absolute atomic E-state index is 10.5. The Hall–Kier alpha value is -0.620. The van der Waals surface area contributed by atoms with Crippen molar-refractivity contribution in [2.24, 2.45) is 0 Å². The van der Waals surface area contributed by atoms with E-state index < -0.39 is 0 Å². The molecule has 70 valence electrons. The fourth-order valence-corrected chi connectivity index (χ4v) is 2.01. The number of hydrogen-bond acceptors (Lipinski definition) is 3. The lowest BCUT2D eigenvalue weighted by atomic mass is 10.1. The number of aliphatic hydroxyl groups is 1. The van der Waals surface area contributed by atoms with E-state index in [4.69, 9.17) is 9.84 Å². The van der Waals surface area contributed by atoms with E-state index in [2.05, 4.69) is 22.6 Å². The van der Waals surface area contributed by atoms with E-state index in [-0.39, 0.29) is 6.61 Å². The molecule has 0 amide bonds. The first-order valence-electron chi connectivity index (χ1n) is 3.65. The summed E-state index contributed by atoms with van der Waals surface area (Å²) in [6, 6.07) is 3.33. The van der Waals surface area contributed by atoms with E-state index in [1.807, 2.05) is 0 Å². The van der Waals surface area contributed by atoms with E-state index >= 15 is 0 Å². The maximum atomic E-state index is 10.5. The summed E-state index contributed by atoms with van der Waals surface area (Å²) in [5, 5.41) is 8.99. The molecule has 4 heteroatoms. The Morgan fingerprint density at radius 1 is 1.62 bits per heavy atom. The van der Waals surface area contributed by atoms with E-state index in [1.54, 1.807) is 12.1 Å². The van der Waals surface area contributed by atoms with Crippen LogP contribution in [0.15, 0.2) is 12.1 Å². The van der Waals surface area contributed by atoms with Gasteiger partial charge in [-0.05, 0) is 34.7 Å². The molecule has 0 heterocycles. The van der Waals surface area contributed by atoms with Crippen molar-refractivity contribution in [1.29, 1.82) is 0 Å². The average Bonchev–Trinajstić information content (AvgIpc) is 2.16. The van der Waals surface area contributed by atoms with Gasteiger partial charge in [0.25, 0.3) is 0 Å². The van der Waals surface area contributed by atoms with E-state index in [0.29, 0.717) is 16.9 Å². The molecule has 1 aromatic carbocycles. The molecule has 0 aromatic heterocycles. The Bertz CT molecular complexity index is 323. The van der Waals surface area contributed by atoms with Crippen molar-refractivity contribution < 1.29 is 14.6 Å². The van der Waals surface area contributed by atoms with Crippen LogP contribution in [0.25, 0.3) is 0 Å². The molecule has 1 N–H and O–H groups in total. The normalized spacial score (nSPS) is 9.77. The molecule has 0 unspecified atom stereocenters. The van der Waals surface area contributed by atoms with E-state index in [9.17, 15) is 4.79 Å². The molecule has 13 heavy (non-hydrogen) atoms. The molecule has 0 aliphatic rings. The highest BCUT2D eigenvalue weighted by Gasteiger charge is 2.08. The molecule has 0 spiro atoms. The van der Waals surface area contributed by atoms with Crippen LogP contribution in [0.5, 0.6) is 5.75 Å². The molecule has 0 saturated heterocycles. The van der Waals surface area contributed by atoms with E-state index in [0.717, 1.165) is 9.86 Å². The number of aldehydes is 1. The van der Waals surface area contributed by atoms with Gasteiger partial charge in [-0.15, -0.1) is 0 Å². The Balaban J connectivity index is 3.28. The van der Waals surface area contributed by atoms with Crippen LogP contribution in [0.1, 0.15) is 15.9 Å². The molecule has 3 nitrogen and oxygen atoms in total. The zero-order valence-corrected chi connectivity index (χ0v) is 9.24. The maximum Gasteiger partial charge on any atom is 0.150 e. The van der Waals surface area contributed by atoms with Gasteiger partial charge in [0.1, 0.15) is 12.0 Å². The van der Waals surface area contributed by atoms with Gasteiger partial charge in [0, 0.05) is 11.1 Å². The Labute approximate surface area is 89.9 Å². The van der Waals surface area contributed by atoms with Crippen molar-refractivity contribution in [3.05, 3.63) is 26.8 Å². The number of hydrogen-bond donors (Lipinski definition) is 1. The molecule has 1 aromatic rings. The second kappa shape index (κ2) is 4.57. The first-order chi connectivity index (χ1) is 6.22. The Morgan fingerprint density at radius 2 is 2.31 bits per heavy atom. The third kappa shape index (κ3) is 2.19.